The van der Waals surface area contributed by atoms with Crippen molar-refractivity contribution in [1.29, 1.82) is 0 Å². The molecule has 1 aliphatic rings. The Morgan fingerprint density at radius 1 is 1.60 bits per heavy atom. The maximum Gasteiger partial charge on any atom is 0.290 e. The fourth-order valence-electron chi connectivity index (χ4n) is 1.82. The summed E-state index contributed by atoms with van der Waals surface area (Å²) in [5, 5.41) is 8.98. The molecule has 0 unspecified atom stereocenters. The molecule has 0 saturated heterocycles. The van der Waals surface area contributed by atoms with Crippen LogP contribution in [0.3, 0.4) is 0 Å². The van der Waals surface area contributed by atoms with Crippen molar-refractivity contribution in [3.05, 3.63) is 22.7 Å². The minimum Gasteiger partial charge on any atom is -0.395 e. The van der Waals surface area contributed by atoms with Crippen molar-refractivity contribution in [3.8, 4) is 0 Å². The Bertz CT molecular complexity index is 373. The van der Waals surface area contributed by atoms with E-state index in [1.165, 1.54) is 12.6 Å². The van der Waals surface area contributed by atoms with Crippen LogP contribution in [0.1, 0.15) is 19.3 Å². The summed E-state index contributed by atoms with van der Waals surface area (Å²) in [4.78, 5) is 20.1. The van der Waals surface area contributed by atoms with E-state index in [1.807, 2.05) is 4.90 Å². The predicted octanol–water partition coefficient (Wildman–Crippen LogP) is 0.121. The van der Waals surface area contributed by atoms with E-state index in [9.17, 15) is 4.79 Å². The number of hydrogen-bond donors (Lipinski definition) is 2. The van der Waals surface area contributed by atoms with Crippen LogP contribution in [0.5, 0.6) is 0 Å². The third kappa shape index (κ3) is 2.02. The number of anilines is 1. The number of aromatic nitrogens is 2. The molecule has 0 spiro atoms. The van der Waals surface area contributed by atoms with Crippen molar-refractivity contribution >= 4 is 5.82 Å². The number of aliphatic hydroxyl groups excluding tert-OH is 1. The standard InChI is InChI=1S/C10H15N3O2/c14-7-6-13(8-2-1-3-8)9-10(15)12-5-4-11-9/h4-5,8,14H,1-3,6-7H2,(H,12,15). The molecule has 82 valence electrons. The lowest BCUT2D eigenvalue weighted by molar-refractivity contribution is 0.282. The van der Waals surface area contributed by atoms with Crippen molar-refractivity contribution in [3.63, 3.8) is 0 Å². The Morgan fingerprint density at radius 3 is 2.93 bits per heavy atom. The number of H-pyrrole nitrogens is 1. The molecule has 0 aliphatic heterocycles. The van der Waals surface area contributed by atoms with Crippen LogP contribution in [0, 0.1) is 0 Å². The second-order valence-corrected chi connectivity index (χ2v) is 3.74. The molecule has 1 saturated carbocycles. The lowest BCUT2D eigenvalue weighted by Gasteiger charge is -2.37. The number of aromatic amines is 1. The van der Waals surface area contributed by atoms with E-state index in [0.29, 0.717) is 18.4 Å². The first-order chi connectivity index (χ1) is 7.33. The smallest absolute Gasteiger partial charge is 0.290 e. The highest BCUT2D eigenvalue weighted by molar-refractivity contribution is 5.37. The van der Waals surface area contributed by atoms with Gasteiger partial charge in [0, 0.05) is 25.0 Å². The molecule has 0 bridgehead atoms. The highest BCUT2D eigenvalue weighted by Crippen LogP contribution is 2.26. The Kier molecular flexibility index (Phi) is 3.01. The zero-order chi connectivity index (χ0) is 10.7. The van der Waals surface area contributed by atoms with E-state index in [0.717, 1.165) is 12.8 Å². The van der Waals surface area contributed by atoms with E-state index in [-0.39, 0.29) is 12.2 Å². The van der Waals surface area contributed by atoms with Gasteiger partial charge in [-0.05, 0) is 19.3 Å². The van der Waals surface area contributed by atoms with Gasteiger partial charge in [0.05, 0.1) is 6.61 Å². The zero-order valence-corrected chi connectivity index (χ0v) is 8.52. The second kappa shape index (κ2) is 4.44. The summed E-state index contributed by atoms with van der Waals surface area (Å²) in [5.74, 6) is 0.427. The van der Waals surface area contributed by atoms with Gasteiger partial charge in [-0.15, -0.1) is 0 Å². The maximum absolute atomic E-state index is 11.5. The molecule has 0 atom stereocenters. The van der Waals surface area contributed by atoms with Crippen molar-refractivity contribution in [2.45, 2.75) is 25.3 Å². The monoisotopic (exact) mass is 209 g/mol. The molecular weight excluding hydrogens is 194 g/mol. The molecular formula is C10H15N3O2. The Labute approximate surface area is 87.8 Å². The summed E-state index contributed by atoms with van der Waals surface area (Å²) < 4.78 is 0. The van der Waals surface area contributed by atoms with Gasteiger partial charge in [0.1, 0.15) is 0 Å². The Morgan fingerprint density at radius 2 is 2.40 bits per heavy atom. The molecule has 15 heavy (non-hydrogen) atoms. The van der Waals surface area contributed by atoms with E-state index >= 15 is 0 Å². The van der Waals surface area contributed by atoms with E-state index in [2.05, 4.69) is 9.97 Å². The van der Waals surface area contributed by atoms with Crippen molar-refractivity contribution in [1.82, 2.24) is 9.97 Å². The number of nitrogens with one attached hydrogen (secondary N) is 1. The first-order valence-electron chi connectivity index (χ1n) is 5.24. The molecule has 0 aromatic carbocycles. The number of nitrogens with zero attached hydrogens (tertiary/aromatic N) is 2. The van der Waals surface area contributed by atoms with Gasteiger partial charge >= 0.3 is 0 Å². The summed E-state index contributed by atoms with van der Waals surface area (Å²) in [7, 11) is 0. The van der Waals surface area contributed by atoms with Gasteiger partial charge in [-0.3, -0.25) is 4.79 Å². The lowest BCUT2D eigenvalue weighted by atomic mass is 9.91. The van der Waals surface area contributed by atoms with Crippen molar-refractivity contribution in [2.24, 2.45) is 0 Å². The van der Waals surface area contributed by atoms with Gasteiger partial charge in [-0.25, -0.2) is 4.98 Å². The molecule has 1 heterocycles. The van der Waals surface area contributed by atoms with Gasteiger partial charge in [0.2, 0.25) is 0 Å². The molecule has 1 aliphatic carbocycles. The minimum atomic E-state index is -0.183. The number of hydrogen-bond acceptors (Lipinski definition) is 4. The normalized spacial score (nSPS) is 16.1. The lowest BCUT2D eigenvalue weighted by Crippen LogP contribution is -2.44. The van der Waals surface area contributed by atoms with Crippen molar-refractivity contribution < 1.29 is 5.11 Å². The summed E-state index contributed by atoms with van der Waals surface area (Å²) in [6, 6.07) is 0.369. The van der Waals surface area contributed by atoms with Crippen LogP contribution in [-0.4, -0.2) is 34.3 Å². The highest BCUT2D eigenvalue weighted by Gasteiger charge is 2.26. The largest absolute Gasteiger partial charge is 0.395 e. The van der Waals surface area contributed by atoms with Crippen LogP contribution in [0.15, 0.2) is 17.2 Å². The first kappa shape index (κ1) is 10.2. The molecule has 1 aromatic rings. The summed E-state index contributed by atoms with van der Waals surface area (Å²) in [6.45, 7) is 0.525. The molecule has 1 fully saturated rings. The first-order valence-corrected chi connectivity index (χ1v) is 5.24. The molecule has 0 radical (unpaired) electrons. The van der Waals surface area contributed by atoms with Gasteiger partial charge in [0.15, 0.2) is 5.82 Å². The Hall–Kier alpha value is -1.36. The molecule has 5 heteroatoms. The molecule has 2 N–H and O–H groups in total. The SMILES string of the molecule is O=c1[nH]ccnc1N(CCO)C1CCC1. The fourth-order valence-corrected chi connectivity index (χ4v) is 1.82. The van der Waals surface area contributed by atoms with Crippen LogP contribution in [0.25, 0.3) is 0 Å². The molecule has 2 rings (SSSR count). The predicted molar refractivity (Wildman–Crippen MR) is 56.9 cm³/mol. The number of aliphatic hydroxyl groups is 1. The van der Waals surface area contributed by atoms with Crippen LogP contribution >= 0.6 is 0 Å². The van der Waals surface area contributed by atoms with Crippen LogP contribution in [0.2, 0.25) is 0 Å². The third-order valence-corrected chi connectivity index (χ3v) is 2.82. The second-order valence-electron chi connectivity index (χ2n) is 3.74. The Balaban J connectivity index is 2.23. The molecule has 0 amide bonds. The average Bonchev–Trinajstić information content (AvgIpc) is 2.15. The topological polar surface area (TPSA) is 69.2 Å². The van der Waals surface area contributed by atoms with Gasteiger partial charge in [-0.2, -0.15) is 0 Å². The molecule has 5 nitrogen and oxygen atoms in total. The van der Waals surface area contributed by atoms with E-state index < -0.39 is 0 Å². The van der Waals surface area contributed by atoms with E-state index in [1.54, 1.807) is 6.20 Å². The van der Waals surface area contributed by atoms with Gasteiger partial charge < -0.3 is 15.0 Å². The summed E-state index contributed by atoms with van der Waals surface area (Å²) in [5.41, 5.74) is -0.183. The number of rotatable bonds is 4. The zero-order valence-electron chi connectivity index (χ0n) is 8.52. The van der Waals surface area contributed by atoms with Gasteiger partial charge in [-0.1, -0.05) is 0 Å². The quantitative estimate of drug-likeness (QED) is 0.739. The van der Waals surface area contributed by atoms with E-state index in [4.69, 9.17) is 5.11 Å². The highest BCUT2D eigenvalue weighted by atomic mass is 16.3. The maximum atomic E-state index is 11.5. The molecule has 1 aromatic heterocycles. The third-order valence-electron chi connectivity index (χ3n) is 2.82. The van der Waals surface area contributed by atoms with Crippen LogP contribution in [0.4, 0.5) is 5.82 Å². The fraction of sp³-hybridized carbons (Fsp3) is 0.600. The van der Waals surface area contributed by atoms with Crippen LogP contribution < -0.4 is 10.5 Å². The van der Waals surface area contributed by atoms with Gasteiger partial charge in [0.25, 0.3) is 5.56 Å². The average molecular weight is 209 g/mol. The van der Waals surface area contributed by atoms with Crippen molar-refractivity contribution in [2.75, 3.05) is 18.1 Å². The summed E-state index contributed by atoms with van der Waals surface area (Å²) >= 11 is 0. The minimum absolute atomic E-state index is 0.0481. The summed E-state index contributed by atoms with van der Waals surface area (Å²) in [6.07, 6.45) is 6.44. The van der Waals surface area contributed by atoms with Crippen LogP contribution in [-0.2, 0) is 0 Å².